The second-order valence-corrected chi connectivity index (χ2v) is 3.08. The summed E-state index contributed by atoms with van der Waals surface area (Å²) in [6.45, 7) is 0. The van der Waals surface area contributed by atoms with Gasteiger partial charge in [0.2, 0.25) is 0 Å². The molecule has 1 aromatic rings. The number of aromatic hydroxyl groups is 1. The molecule has 0 heterocycles. The Morgan fingerprint density at radius 2 is 2.18 bits per heavy atom. The van der Waals surface area contributed by atoms with E-state index in [1.54, 1.807) is 18.2 Å². The van der Waals surface area contributed by atoms with Gasteiger partial charge in [0.05, 0.1) is 9.78 Å². The molecule has 0 aromatic heterocycles. The Morgan fingerprint density at radius 1 is 1.45 bits per heavy atom. The SMILES string of the molecule is O/N=C\c1cccc(I)c1O. The van der Waals surface area contributed by atoms with E-state index in [0.717, 1.165) is 3.57 Å². The first-order valence-electron chi connectivity index (χ1n) is 2.90. The highest BCUT2D eigenvalue weighted by Crippen LogP contribution is 2.21. The van der Waals surface area contributed by atoms with Gasteiger partial charge in [0.25, 0.3) is 0 Å². The molecule has 0 atom stereocenters. The molecule has 0 aliphatic carbocycles. The number of phenolic OH excluding ortho intramolecular Hbond substituents is 1. The fourth-order valence-electron chi connectivity index (χ4n) is 0.698. The van der Waals surface area contributed by atoms with Crippen LogP contribution < -0.4 is 0 Å². The fourth-order valence-corrected chi connectivity index (χ4v) is 1.22. The summed E-state index contributed by atoms with van der Waals surface area (Å²) in [7, 11) is 0. The number of nitrogens with zero attached hydrogens (tertiary/aromatic N) is 1. The van der Waals surface area contributed by atoms with Crippen molar-refractivity contribution in [3.63, 3.8) is 0 Å². The summed E-state index contributed by atoms with van der Waals surface area (Å²) in [4.78, 5) is 0. The van der Waals surface area contributed by atoms with Gasteiger partial charge < -0.3 is 10.3 Å². The van der Waals surface area contributed by atoms with Crippen LogP contribution in [0, 0.1) is 3.57 Å². The summed E-state index contributed by atoms with van der Waals surface area (Å²) in [5, 5.41) is 20.3. The number of halogens is 1. The summed E-state index contributed by atoms with van der Waals surface area (Å²) in [5.74, 6) is 0.144. The summed E-state index contributed by atoms with van der Waals surface area (Å²) in [6, 6.07) is 5.21. The van der Waals surface area contributed by atoms with Gasteiger partial charge in [-0.05, 0) is 34.7 Å². The number of rotatable bonds is 1. The van der Waals surface area contributed by atoms with E-state index in [2.05, 4.69) is 5.16 Å². The van der Waals surface area contributed by atoms with Crippen LogP contribution in [0.2, 0.25) is 0 Å². The number of para-hydroxylation sites is 1. The van der Waals surface area contributed by atoms with Gasteiger partial charge in [-0.2, -0.15) is 0 Å². The third-order valence-electron chi connectivity index (χ3n) is 1.21. The van der Waals surface area contributed by atoms with E-state index in [1.165, 1.54) is 6.21 Å². The Labute approximate surface area is 77.5 Å². The molecule has 0 amide bonds. The zero-order valence-electron chi connectivity index (χ0n) is 5.53. The summed E-state index contributed by atoms with van der Waals surface area (Å²) >= 11 is 2.00. The van der Waals surface area contributed by atoms with E-state index in [-0.39, 0.29) is 5.75 Å². The smallest absolute Gasteiger partial charge is 0.137 e. The molecule has 0 radical (unpaired) electrons. The van der Waals surface area contributed by atoms with Gasteiger partial charge in [-0.3, -0.25) is 0 Å². The Hall–Kier alpha value is -0.780. The van der Waals surface area contributed by atoms with Crippen LogP contribution in [0.3, 0.4) is 0 Å². The van der Waals surface area contributed by atoms with E-state index in [0.29, 0.717) is 5.56 Å². The van der Waals surface area contributed by atoms with Gasteiger partial charge in [-0.15, -0.1) is 0 Å². The van der Waals surface area contributed by atoms with Crippen molar-refractivity contribution in [2.45, 2.75) is 0 Å². The Kier molecular flexibility index (Phi) is 2.70. The molecule has 3 nitrogen and oxygen atoms in total. The van der Waals surface area contributed by atoms with E-state index in [1.807, 2.05) is 22.6 Å². The molecule has 0 spiro atoms. The molecule has 4 heteroatoms. The first kappa shape index (κ1) is 8.32. The molecular formula is C7H6INO2. The van der Waals surface area contributed by atoms with Crippen molar-refractivity contribution in [1.82, 2.24) is 0 Å². The maximum Gasteiger partial charge on any atom is 0.137 e. The zero-order chi connectivity index (χ0) is 8.27. The van der Waals surface area contributed by atoms with Gasteiger partial charge in [0, 0.05) is 5.56 Å². The van der Waals surface area contributed by atoms with E-state index < -0.39 is 0 Å². The molecule has 11 heavy (non-hydrogen) atoms. The minimum Gasteiger partial charge on any atom is -0.506 e. The number of benzene rings is 1. The van der Waals surface area contributed by atoms with Crippen molar-refractivity contribution in [3.8, 4) is 5.75 Å². The molecule has 0 fully saturated rings. The monoisotopic (exact) mass is 263 g/mol. The molecule has 0 aliphatic rings. The molecule has 1 rings (SSSR count). The summed E-state index contributed by atoms with van der Waals surface area (Å²) in [6.07, 6.45) is 1.19. The highest BCUT2D eigenvalue weighted by Gasteiger charge is 2.00. The summed E-state index contributed by atoms with van der Waals surface area (Å²) < 4.78 is 0.736. The second kappa shape index (κ2) is 3.56. The predicted molar refractivity (Wildman–Crippen MR) is 50.2 cm³/mol. The lowest BCUT2D eigenvalue weighted by Crippen LogP contribution is -1.83. The van der Waals surface area contributed by atoms with Gasteiger partial charge in [-0.1, -0.05) is 11.2 Å². The maximum absolute atomic E-state index is 9.32. The average molecular weight is 263 g/mol. The second-order valence-electron chi connectivity index (χ2n) is 1.92. The van der Waals surface area contributed by atoms with Crippen LogP contribution in [0.4, 0.5) is 0 Å². The van der Waals surface area contributed by atoms with Crippen LogP contribution >= 0.6 is 22.6 Å². The van der Waals surface area contributed by atoms with Crippen LogP contribution in [0.5, 0.6) is 5.75 Å². The van der Waals surface area contributed by atoms with Crippen molar-refractivity contribution in [2.24, 2.45) is 5.16 Å². The summed E-state index contributed by atoms with van der Waals surface area (Å²) in [5.41, 5.74) is 0.513. The molecule has 0 bridgehead atoms. The van der Waals surface area contributed by atoms with Crippen LogP contribution in [-0.2, 0) is 0 Å². The highest BCUT2D eigenvalue weighted by atomic mass is 127. The molecule has 0 saturated carbocycles. The number of hydrogen-bond donors (Lipinski definition) is 2. The van der Waals surface area contributed by atoms with Gasteiger partial charge in [0.15, 0.2) is 0 Å². The van der Waals surface area contributed by atoms with Gasteiger partial charge >= 0.3 is 0 Å². The number of oxime groups is 1. The lowest BCUT2D eigenvalue weighted by molar-refractivity contribution is 0.321. The third kappa shape index (κ3) is 1.83. The highest BCUT2D eigenvalue weighted by molar-refractivity contribution is 14.1. The standard InChI is InChI=1S/C7H6INO2/c8-6-3-1-2-5(4-9-11)7(6)10/h1-4,10-11H/b9-4-. The van der Waals surface area contributed by atoms with Crippen LogP contribution in [-0.4, -0.2) is 16.5 Å². The normalized spacial score (nSPS) is 10.6. The van der Waals surface area contributed by atoms with Gasteiger partial charge in [-0.25, -0.2) is 0 Å². The molecule has 58 valence electrons. The van der Waals surface area contributed by atoms with E-state index in [9.17, 15) is 5.11 Å². The Morgan fingerprint density at radius 3 is 2.82 bits per heavy atom. The molecule has 0 aliphatic heterocycles. The zero-order valence-corrected chi connectivity index (χ0v) is 7.69. The minimum atomic E-state index is 0.144. The van der Waals surface area contributed by atoms with Crippen molar-refractivity contribution < 1.29 is 10.3 Å². The third-order valence-corrected chi connectivity index (χ3v) is 2.09. The maximum atomic E-state index is 9.32. The molecule has 1 aromatic carbocycles. The van der Waals surface area contributed by atoms with Gasteiger partial charge in [0.1, 0.15) is 5.75 Å². The lowest BCUT2D eigenvalue weighted by atomic mass is 10.2. The number of phenols is 1. The lowest BCUT2D eigenvalue weighted by Gasteiger charge is -1.98. The van der Waals surface area contributed by atoms with E-state index in [4.69, 9.17) is 5.21 Å². The van der Waals surface area contributed by atoms with E-state index >= 15 is 0 Å². The molecular weight excluding hydrogens is 257 g/mol. The minimum absolute atomic E-state index is 0.144. The quantitative estimate of drug-likeness (QED) is 0.351. The predicted octanol–water partition coefficient (Wildman–Crippen LogP) is 1.80. The van der Waals surface area contributed by atoms with Crippen molar-refractivity contribution in [2.75, 3.05) is 0 Å². The molecule has 0 unspecified atom stereocenters. The fraction of sp³-hybridized carbons (Fsp3) is 0. The first-order chi connectivity index (χ1) is 5.25. The Bertz CT molecular complexity index is 286. The largest absolute Gasteiger partial charge is 0.506 e. The Balaban J connectivity index is 3.16. The molecule has 2 N–H and O–H groups in total. The van der Waals surface area contributed by atoms with Crippen molar-refractivity contribution in [3.05, 3.63) is 27.3 Å². The van der Waals surface area contributed by atoms with Crippen LogP contribution in [0.15, 0.2) is 23.4 Å². The topological polar surface area (TPSA) is 52.8 Å². The van der Waals surface area contributed by atoms with Crippen molar-refractivity contribution in [1.29, 1.82) is 0 Å². The van der Waals surface area contributed by atoms with Crippen LogP contribution in [0.1, 0.15) is 5.56 Å². The number of hydrogen-bond acceptors (Lipinski definition) is 3. The molecule has 0 saturated heterocycles. The van der Waals surface area contributed by atoms with Crippen LogP contribution in [0.25, 0.3) is 0 Å². The van der Waals surface area contributed by atoms with Crippen molar-refractivity contribution >= 4 is 28.8 Å². The first-order valence-corrected chi connectivity index (χ1v) is 3.98. The average Bonchev–Trinajstić information content (AvgIpc) is 1.99.